The van der Waals surface area contributed by atoms with Gasteiger partial charge in [-0.05, 0) is 49.4 Å². The summed E-state index contributed by atoms with van der Waals surface area (Å²) in [6.07, 6.45) is 0. The van der Waals surface area contributed by atoms with Crippen molar-refractivity contribution in [2.45, 2.75) is 28.2 Å². The molecule has 4 nitrogen and oxygen atoms in total. The van der Waals surface area contributed by atoms with Crippen LogP contribution in [0, 0.1) is 6.92 Å². The molecule has 0 saturated carbocycles. The maximum atomic E-state index is 13.9. The summed E-state index contributed by atoms with van der Waals surface area (Å²) in [5.41, 5.74) is 2.36. The Hall–Kier alpha value is -3.48. The van der Waals surface area contributed by atoms with Crippen LogP contribution in [0.2, 0.25) is 0 Å². The zero-order chi connectivity index (χ0) is 23.5. The van der Waals surface area contributed by atoms with E-state index in [4.69, 9.17) is 4.74 Å². The smallest absolute Gasteiger partial charge is 0.268 e. The lowest BCUT2D eigenvalue weighted by Crippen LogP contribution is -2.17. The zero-order valence-electron chi connectivity index (χ0n) is 18.6. The Kier molecular flexibility index (Phi) is 6.18. The van der Waals surface area contributed by atoms with Crippen molar-refractivity contribution < 1.29 is 13.2 Å². The van der Waals surface area contributed by atoms with Crippen molar-refractivity contribution in [2.75, 3.05) is 0 Å². The molecular weight excluding hydrogens is 462 g/mol. The first-order chi connectivity index (χ1) is 16.5. The molecule has 4 aromatic carbocycles. The SMILES string of the molecule is Cc1ccc(OCc2c(Sc3ccccc3)c3ccccc3n2S(=O)(=O)c2ccccc2)cc1. The van der Waals surface area contributed by atoms with Crippen LogP contribution in [0.1, 0.15) is 11.3 Å². The highest BCUT2D eigenvalue weighted by atomic mass is 32.2. The van der Waals surface area contributed by atoms with Crippen molar-refractivity contribution >= 4 is 32.7 Å². The van der Waals surface area contributed by atoms with Gasteiger partial charge in [-0.3, -0.25) is 0 Å². The lowest BCUT2D eigenvalue weighted by atomic mass is 10.2. The first-order valence-corrected chi connectivity index (χ1v) is 13.1. The zero-order valence-corrected chi connectivity index (χ0v) is 20.2. The van der Waals surface area contributed by atoms with Gasteiger partial charge in [0.2, 0.25) is 0 Å². The van der Waals surface area contributed by atoms with Crippen LogP contribution >= 0.6 is 11.8 Å². The molecule has 1 aromatic heterocycles. The van der Waals surface area contributed by atoms with Crippen LogP contribution in [0.25, 0.3) is 10.9 Å². The summed E-state index contributed by atoms with van der Waals surface area (Å²) in [6.45, 7) is 2.13. The summed E-state index contributed by atoms with van der Waals surface area (Å²) in [5, 5.41) is 0.873. The molecule has 0 aliphatic rings. The predicted molar refractivity (Wildman–Crippen MR) is 137 cm³/mol. The van der Waals surface area contributed by atoms with Crippen LogP contribution < -0.4 is 4.74 Å². The highest BCUT2D eigenvalue weighted by Gasteiger charge is 2.27. The van der Waals surface area contributed by atoms with Crippen LogP contribution in [0.15, 0.2) is 124 Å². The van der Waals surface area contributed by atoms with Gasteiger partial charge in [-0.15, -0.1) is 0 Å². The molecule has 0 bridgehead atoms. The molecule has 34 heavy (non-hydrogen) atoms. The minimum atomic E-state index is -3.86. The quantitative estimate of drug-likeness (QED) is 0.251. The van der Waals surface area contributed by atoms with E-state index >= 15 is 0 Å². The lowest BCUT2D eigenvalue weighted by molar-refractivity contribution is 0.297. The van der Waals surface area contributed by atoms with E-state index in [1.165, 1.54) is 3.97 Å². The summed E-state index contributed by atoms with van der Waals surface area (Å²) >= 11 is 1.55. The second kappa shape index (κ2) is 9.41. The van der Waals surface area contributed by atoms with Gasteiger partial charge in [0.1, 0.15) is 12.4 Å². The Balaban J connectivity index is 1.70. The number of ether oxygens (including phenoxy) is 1. The van der Waals surface area contributed by atoms with Crippen molar-refractivity contribution in [1.82, 2.24) is 3.97 Å². The minimum Gasteiger partial charge on any atom is -0.487 e. The van der Waals surface area contributed by atoms with Crippen molar-refractivity contribution in [3.8, 4) is 5.75 Å². The van der Waals surface area contributed by atoms with E-state index in [2.05, 4.69) is 0 Å². The molecular formula is C28H23NO3S2. The molecule has 5 aromatic rings. The summed E-state index contributed by atoms with van der Waals surface area (Å²) < 4.78 is 35.3. The number of aromatic nitrogens is 1. The topological polar surface area (TPSA) is 48.3 Å². The Labute approximate surface area is 203 Å². The number of benzene rings is 4. The lowest BCUT2D eigenvalue weighted by Gasteiger charge is -2.14. The molecule has 0 unspecified atom stereocenters. The number of fused-ring (bicyclic) bond motifs is 1. The van der Waals surface area contributed by atoms with Gasteiger partial charge in [-0.25, -0.2) is 12.4 Å². The average Bonchev–Trinajstić information content (AvgIpc) is 3.19. The van der Waals surface area contributed by atoms with Gasteiger partial charge in [0, 0.05) is 15.2 Å². The average molecular weight is 486 g/mol. The van der Waals surface area contributed by atoms with Gasteiger partial charge in [0.15, 0.2) is 0 Å². The summed E-state index contributed by atoms with van der Waals surface area (Å²) in [6, 6.07) is 33.9. The second-order valence-electron chi connectivity index (χ2n) is 7.89. The van der Waals surface area contributed by atoms with Crippen LogP contribution in [0.3, 0.4) is 0 Å². The molecule has 0 aliphatic heterocycles. The highest BCUT2D eigenvalue weighted by Crippen LogP contribution is 2.40. The normalized spacial score (nSPS) is 11.6. The summed E-state index contributed by atoms with van der Waals surface area (Å²) in [7, 11) is -3.86. The van der Waals surface area contributed by atoms with Gasteiger partial charge < -0.3 is 4.74 Å². The summed E-state index contributed by atoms with van der Waals surface area (Å²) in [5.74, 6) is 0.690. The number of hydrogen-bond donors (Lipinski definition) is 0. The fraction of sp³-hybridized carbons (Fsp3) is 0.0714. The van der Waals surface area contributed by atoms with E-state index in [0.717, 1.165) is 20.7 Å². The number of rotatable bonds is 7. The van der Waals surface area contributed by atoms with Crippen molar-refractivity contribution in [3.05, 3.63) is 120 Å². The molecule has 0 spiro atoms. The Bertz CT molecular complexity index is 1530. The molecule has 170 valence electrons. The van der Waals surface area contributed by atoms with Gasteiger partial charge in [-0.2, -0.15) is 0 Å². The molecule has 0 aliphatic carbocycles. The number of para-hydroxylation sites is 1. The maximum Gasteiger partial charge on any atom is 0.268 e. The molecule has 1 heterocycles. The molecule has 0 N–H and O–H groups in total. The van der Waals surface area contributed by atoms with Gasteiger partial charge in [0.25, 0.3) is 10.0 Å². The van der Waals surface area contributed by atoms with E-state index in [1.807, 2.05) is 91.9 Å². The van der Waals surface area contributed by atoms with E-state index < -0.39 is 10.0 Å². The Morgan fingerprint density at radius 3 is 2.09 bits per heavy atom. The largest absolute Gasteiger partial charge is 0.487 e. The molecule has 0 atom stereocenters. The van der Waals surface area contributed by atoms with Crippen molar-refractivity contribution in [2.24, 2.45) is 0 Å². The minimum absolute atomic E-state index is 0.110. The standard InChI is InChI=1S/C28H23NO3S2/c1-21-16-18-22(19-17-21)32-20-27-28(33-23-10-4-2-5-11-23)25-14-8-9-15-26(25)29(27)34(30,31)24-12-6-3-7-13-24/h2-19H,20H2,1H3. The Morgan fingerprint density at radius 1 is 0.765 bits per heavy atom. The van der Waals surface area contributed by atoms with E-state index in [1.54, 1.807) is 36.0 Å². The maximum absolute atomic E-state index is 13.9. The monoisotopic (exact) mass is 485 g/mol. The Morgan fingerprint density at radius 2 is 1.38 bits per heavy atom. The van der Waals surface area contributed by atoms with Crippen LogP contribution in [0.5, 0.6) is 5.75 Å². The highest BCUT2D eigenvalue weighted by molar-refractivity contribution is 7.99. The van der Waals surface area contributed by atoms with Gasteiger partial charge in [0.05, 0.1) is 16.1 Å². The third-order valence-corrected chi connectivity index (χ3v) is 8.45. The molecule has 6 heteroatoms. The fourth-order valence-corrected chi connectivity index (χ4v) is 6.54. The third kappa shape index (κ3) is 4.34. The van der Waals surface area contributed by atoms with Gasteiger partial charge in [-0.1, -0.05) is 84.1 Å². The number of nitrogens with zero attached hydrogens (tertiary/aromatic N) is 1. The van der Waals surface area contributed by atoms with Crippen molar-refractivity contribution in [3.63, 3.8) is 0 Å². The first kappa shape index (κ1) is 22.3. The first-order valence-electron chi connectivity index (χ1n) is 10.9. The van der Waals surface area contributed by atoms with E-state index in [-0.39, 0.29) is 11.5 Å². The molecule has 0 amide bonds. The van der Waals surface area contributed by atoms with Crippen LogP contribution in [-0.2, 0) is 16.6 Å². The van der Waals surface area contributed by atoms with E-state index in [9.17, 15) is 8.42 Å². The fourth-order valence-electron chi connectivity index (χ4n) is 3.84. The molecule has 0 fully saturated rings. The van der Waals surface area contributed by atoms with Gasteiger partial charge >= 0.3 is 0 Å². The number of aryl methyl sites for hydroxylation is 1. The molecule has 0 saturated heterocycles. The van der Waals surface area contributed by atoms with Crippen molar-refractivity contribution in [1.29, 1.82) is 0 Å². The van der Waals surface area contributed by atoms with E-state index in [0.29, 0.717) is 17.0 Å². The summed E-state index contributed by atoms with van der Waals surface area (Å²) in [4.78, 5) is 2.14. The molecule has 0 radical (unpaired) electrons. The van der Waals surface area contributed by atoms with Crippen LogP contribution in [0.4, 0.5) is 0 Å². The third-order valence-electron chi connectivity index (χ3n) is 5.52. The number of hydrogen-bond acceptors (Lipinski definition) is 4. The molecule has 5 rings (SSSR count). The van der Waals surface area contributed by atoms with Crippen LogP contribution in [-0.4, -0.2) is 12.4 Å². The predicted octanol–water partition coefficient (Wildman–Crippen LogP) is 6.92. The second-order valence-corrected chi connectivity index (χ2v) is 10.8.